The van der Waals surface area contributed by atoms with Gasteiger partial charge in [0.1, 0.15) is 56.8 Å². The Labute approximate surface area is 289 Å². The minimum Gasteiger partial charge on any atom is -0.508 e. The van der Waals surface area contributed by atoms with Gasteiger partial charge in [-0.25, -0.2) is 14.4 Å². The van der Waals surface area contributed by atoms with Crippen molar-refractivity contribution in [1.82, 2.24) is 0 Å². The molecule has 0 atom stereocenters. The molecule has 3 aliphatic rings. The molecule has 0 bridgehead atoms. The molecule has 0 saturated carbocycles. The van der Waals surface area contributed by atoms with Crippen molar-refractivity contribution in [1.29, 1.82) is 0 Å². The highest BCUT2D eigenvalue weighted by atomic mass is 16.5. The van der Waals surface area contributed by atoms with Crippen molar-refractivity contribution in [3.63, 3.8) is 0 Å². The zero-order chi connectivity index (χ0) is 37.3. The number of carboxylic acid groups (broad SMARTS) is 2. The Morgan fingerprint density at radius 2 is 1.24 bits per heavy atom. The number of hydrogen-bond acceptors (Lipinski definition) is 10. The van der Waals surface area contributed by atoms with E-state index in [-0.39, 0.29) is 33.9 Å². The summed E-state index contributed by atoms with van der Waals surface area (Å²) in [6, 6.07) is 10.6. The zero-order valence-electron chi connectivity index (χ0n) is 28.9. The molecule has 0 aromatic heterocycles. The first-order valence-corrected chi connectivity index (χ1v) is 15.4. The lowest BCUT2D eigenvalue weighted by atomic mass is 9.92. The lowest BCUT2D eigenvalue weighted by Crippen LogP contribution is -2.33. The molecule has 6 rings (SSSR count). The maximum Gasteiger partial charge on any atom is 0.341 e. The van der Waals surface area contributed by atoms with Gasteiger partial charge in [0.05, 0.1) is 23.8 Å². The van der Waals surface area contributed by atoms with Crippen LogP contribution < -0.4 is 14.2 Å². The standard InChI is InChI=1S/2C13H14O4.C12H12O4/c1-13(2)7-6-8-10(17-13)5-4-9(11(8)14)12(15)16-3;1-7-6-9-10(17-13(7,2)3)5-4-8(11(9)14)12(15)16;1-12(2)10(13)6-8-5-7(11(14)15)3-4-9(8)16-12/h4-7,14H,1-3H3;4-6,14H,1-3H3,(H,15,16);3-6,13H,1-2H3,(H,14,15). The second-order valence-corrected chi connectivity index (χ2v) is 13.2. The molecule has 0 unspecified atom stereocenters. The minimum atomic E-state index is -1.15. The molecular formula is C38H40O12. The molecule has 0 radical (unpaired) electrons. The Morgan fingerprint density at radius 1 is 0.680 bits per heavy atom. The number of phenols is 2. The molecule has 0 fully saturated rings. The van der Waals surface area contributed by atoms with Gasteiger partial charge < -0.3 is 44.5 Å². The number of carbonyl (C=O) groups is 3. The molecule has 3 heterocycles. The summed E-state index contributed by atoms with van der Waals surface area (Å²) in [5.74, 6) is -1.35. The van der Waals surface area contributed by atoms with Gasteiger partial charge in [-0.15, -0.1) is 0 Å². The van der Waals surface area contributed by atoms with Crippen LogP contribution in [-0.2, 0) is 4.74 Å². The average molecular weight is 689 g/mol. The number of carbonyl (C=O) groups excluding carboxylic acids is 1. The summed E-state index contributed by atoms with van der Waals surface area (Å²) in [6.07, 6.45) is 6.88. The van der Waals surface area contributed by atoms with Crippen molar-refractivity contribution in [3.8, 4) is 28.7 Å². The maximum absolute atomic E-state index is 11.4. The van der Waals surface area contributed by atoms with Gasteiger partial charge in [0.25, 0.3) is 0 Å². The number of rotatable bonds is 3. The van der Waals surface area contributed by atoms with Gasteiger partial charge in [-0.3, -0.25) is 0 Å². The van der Waals surface area contributed by atoms with Crippen molar-refractivity contribution >= 4 is 36.1 Å². The van der Waals surface area contributed by atoms with Crippen molar-refractivity contribution in [2.75, 3.05) is 7.11 Å². The molecule has 0 spiro atoms. The highest BCUT2D eigenvalue weighted by Crippen LogP contribution is 2.41. The number of hydrogen-bond donors (Lipinski definition) is 5. The van der Waals surface area contributed by atoms with Crippen LogP contribution in [0, 0.1) is 0 Å². The third-order valence-electron chi connectivity index (χ3n) is 8.22. The number of aliphatic hydroxyl groups excluding tert-OH is 1. The van der Waals surface area contributed by atoms with Crippen LogP contribution in [0.1, 0.15) is 96.2 Å². The van der Waals surface area contributed by atoms with E-state index < -0.39 is 34.7 Å². The number of carboxylic acids is 2. The van der Waals surface area contributed by atoms with E-state index in [4.69, 9.17) is 24.4 Å². The maximum atomic E-state index is 11.4. The van der Waals surface area contributed by atoms with Crippen LogP contribution in [-0.4, -0.2) is 67.4 Å². The number of aromatic carboxylic acids is 2. The summed E-state index contributed by atoms with van der Waals surface area (Å²) in [5, 5.41) is 47.3. The van der Waals surface area contributed by atoms with E-state index in [2.05, 4.69) is 4.74 Å². The van der Waals surface area contributed by atoms with Crippen LogP contribution in [0.25, 0.3) is 18.2 Å². The molecular weight excluding hydrogens is 648 g/mol. The fourth-order valence-corrected chi connectivity index (χ4v) is 4.99. The van der Waals surface area contributed by atoms with E-state index in [1.165, 1.54) is 37.5 Å². The summed E-state index contributed by atoms with van der Waals surface area (Å²) >= 11 is 0. The molecule has 0 amide bonds. The number of fused-ring (bicyclic) bond motifs is 3. The summed E-state index contributed by atoms with van der Waals surface area (Å²) in [6.45, 7) is 13.0. The monoisotopic (exact) mass is 688 g/mol. The first kappa shape index (κ1) is 36.9. The first-order chi connectivity index (χ1) is 23.2. The van der Waals surface area contributed by atoms with Gasteiger partial charge in [-0.2, -0.15) is 0 Å². The third kappa shape index (κ3) is 7.70. The van der Waals surface area contributed by atoms with E-state index in [1.54, 1.807) is 44.2 Å². The number of aliphatic hydroxyl groups is 1. The van der Waals surface area contributed by atoms with Gasteiger partial charge in [-0.1, -0.05) is 0 Å². The third-order valence-corrected chi connectivity index (χ3v) is 8.22. The SMILES string of the molecule is CC1(C)Oc2ccc(C(=O)O)cc2C=C1O.CC1=Cc2c(ccc(C(=O)O)c2O)OC1(C)C.COC(=O)c1ccc2c(c1O)C=CC(C)(C)O2. The summed E-state index contributed by atoms with van der Waals surface area (Å²) in [4.78, 5) is 33.1. The van der Waals surface area contributed by atoms with Crippen LogP contribution in [0.5, 0.6) is 28.7 Å². The van der Waals surface area contributed by atoms with Gasteiger partial charge >= 0.3 is 17.9 Å². The highest BCUT2D eigenvalue weighted by molar-refractivity contribution is 5.95. The molecule has 12 nitrogen and oxygen atoms in total. The Kier molecular flexibility index (Phi) is 10.00. The van der Waals surface area contributed by atoms with Gasteiger partial charge in [0, 0.05) is 5.56 Å². The Hall–Kier alpha value is -5.91. The zero-order valence-corrected chi connectivity index (χ0v) is 28.9. The second-order valence-electron chi connectivity index (χ2n) is 13.2. The van der Waals surface area contributed by atoms with Gasteiger partial charge in [0.15, 0.2) is 5.60 Å². The molecule has 50 heavy (non-hydrogen) atoms. The van der Waals surface area contributed by atoms with Crippen molar-refractivity contribution in [2.45, 2.75) is 65.3 Å². The fraction of sp³-hybridized carbons (Fsp3) is 0.289. The van der Waals surface area contributed by atoms with Crippen LogP contribution in [0.15, 0.2) is 59.9 Å². The number of esters is 1. The molecule has 3 aliphatic heterocycles. The number of methoxy groups -OCH3 is 1. The summed E-state index contributed by atoms with van der Waals surface area (Å²) in [5.41, 5.74) is 1.03. The van der Waals surface area contributed by atoms with Gasteiger partial charge in [-0.05, 0) is 121 Å². The number of aromatic hydroxyl groups is 2. The Balaban J connectivity index is 0.000000169. The van der Waals surface area contributed by atoms with Crippen molar-refractivity contribution in [2.24, 2.45) is 0 Å². The van der Waals surface area contributed by atoms with Crippen LogP contribution >= 0.6 is 0 Å². The van der Waals surface area contributed by atoms with Gasteiger partial charge in [0.2, 0.25) is 0 Å². The van der Waals surface area contributed by atoms with Crippen LogP contribution in [0.2, 0.25) is 0 Å². The lowest BCUT2D eigenvalue weighted by molar-refractivity contribution is 0.0595. The van der Waals surface area contributed by atoms with E-state index in [0.29, 0.717) is 33.9 Å². The molecule has 3 aromatic carbocycles. The molecule has 12 heteroatoms. The minimum absolute atomic E-state index is 0.0857. The topological polar surface area (TPSA) is 189 Å². The lowest BCUT2D eigenvalue weighted by Gasteiger charge is -2.32. The van der Waals surface area contributed by atoms with E-state index in [1.807, 2.05) is 40.7 Å². The second kappa shape index (κ2) is 13.5. The molecule has 3 aromatic rings. The first-order valence-electron chi connectivity index (χ1n) is 15.4. The number of phenolic OH excluding ortho intramolecular Hbond substituents is 1. The predicted molar refractivity (Wildman–Crippen MR) is 185 cm³/mol. The molecule has 0 saturated heterocycles. The predicted octanol–water partition coefficient (Wildman–Crippen LogP) is 7.48. The smallest absolute Gasteiger partial charge is 0.341 e. The van der Waals surface area contributed by atoms with Crippen molar-refractivity contribution in [3.05, 3.63) is 93.3 Å². The summed E-state index contributed by atoms with van der Waals surface area (Å²) in [7, 11) is 1.27. The van der Waals surface area contributed by atoms with Crippen LogP contribution in [0.3, 0.4) is 0 Å². The fourth-order valence-electron chi connectivity index (χ4n) is 4.99. The normalized spacial score (nSPS) is 16.6. The van der Waals surface area contributed by atoms with Crippen molar-refractivity contribution < 1.29 is 58.9 Å². The Bertz CT molecular complexity index is 1960. The Morgan fingerprint density at radius 3 is 1.84 bits per heavy atom. The highest BCUT2D eigenvalue weighted by Gasteiger charge is 2.32. The van der Waals surface area contributed by atoms with E-state index >= 15 is 0 Å². The average Bonchev–Trinajstić information content (AvgIpc) is 3.02. The van der Waals surface area contributed by atoms with E-state index in [9.17, 15) is 29.7 Å². The molecule has 264 valence electrons. The van der Waals surface area contributed by atoms with Crippen LogP contribution in [0.4, 0.5) is 0 Å². The van der Waals surface area contributed by atoms with E-state index in [0.717, 1.165) is 5.57 Å². The number of benzene rings is 3. The molecule has 5 N–H and O–H groups in total. The largest absolute Gasteiger partial charge is 0.508 e. The quantitative estimate of drug-likeness (QED) is 0.171. The number of ether oxygens (including phenoxy) is 4. The molecule has 0 aliphatic carbocycles. The summed E-state index contributed by atoms with van der Waals surface area (Å²) < 4.78 is 21.5.